The first-order chi connectivity index (χ1) is 13.7. The smallest absolute Gasteiger partial charge is 0.339 e. The fourth-order valence-corrected chi connectivity index (χ4v) is 3.29. The number of Topliss-reactive ketones (excluding diaryl/α,β-unsaturated/α-hetero) is 1. The lowest BCUT2D eigenvalue weighted by Gasteiger charge is -2.19. The maximum atomic E-state index is 12.8. The number of amides is 1. The normalized spacial score (nSPS) is 10.9. The lowest BCUT2D eigenvalue weighted by atomic mass is 10.1. The van der Waals surface area contributed by atoms with Gasteiger partial charge in [-0.05, 0) is 50.6 Å². The minimum atomic E-state index is -0.487. The molecule has 7 nitrogen and oxygen atoms in total. The van der Waals surface area contributed by atoms with E-state index >= 15 is 0 Å². The number of nitrogens with one attached hydrogen (secondary N) is 2. The third kappa shape index (κ3) is 5.46. The molecule has 0 bridgehead atoms. The molecule has 2 aromatic rings. The van der Waals surface area contributed by atoms with Gasteiger partial charge in [-0.1, -0.05) is 24.6 Å². The lowest BCUT2D eigenvalue weighted by molar-refractivity contribution is -0.117. The lowest BCUT2D eigenvalue weighted by Crippen LogP contribution is -2.37. The van der Waals surface area contributed by atoms with E-state index in [0.29, 0.717) is 39.8 Å². The molecular formula is C21H26ClN3O4. The van der Waals surface area contributed by atoms with E-state index < -0.39 is 5.97 Å². The monoisotopic (exact) mass is 419 g/mol. The molecule has 2 rings (SSSR count). The van der Waals surface area contributed by atoms with E-state index in [1.165, 1.54) is 7.11 Å². The molecule has 0 atom stereocenters. The molecule has 0 aliphatic heterocycles. The quantitative estimate of drug-likeness (QED) is 0.504. The van der Waals surface area contributed by atoms with Crippen molar-refractivity contribution in [1.82, 2.24) is 9.88 Å². The molecule has 0 aliphatic carbocycles. The number of benzene rings is 1. The molecule has 156 valence electrons. The molecule has 0 saturated carbocycles. The van der Waals surface area contributed by atoms with Crippen LogP contribution < -0.4 is 5.32 Å². The van der Waals surface area contributed by atoms with Crippen LogP contribution in [0.4, 0.5) is 5.69 Å². The number of aromatic nitrogens is 1. The number of halogens is 1. The maximum Gasteiger partial charge on any atom is 0.339 e. The predicted octanol–water partition coefficient (Wildman–Crippen LogP) is 3.52. The second-order valence-electron chi connectivity index (χ2n) is 6.85. The molecule has 8 heteroatoms. The molecule has 1 heterocycles. The van der Waals surface area contributed by atoms with E-state index in [2.05, 4.69) is 10.3 Å². The summed E-state index contributed by atoms with van der Waals surface area (Å²) in [4.78, 5) is 41.8. The second kappa shape index (κ2) is 9.71. The molecule has 1 aromatic carbocycles. The van der Waals surface area contributed by atoms with Gasteiger partial charge in [0.25, 0.3) is 0 Å². The number of ether oxygens (including phenoxy) is 1. The van der Waals surface area contributed by atoms with Gasteiger partial charge in [-0.25, -0.2) is 4.79 Å². The third-order valence-corrected chi connectivity index (χ3v) is 5.00. The molecule has 0 unspecified atom stereocenters. The van der Waals surface area contributed by atoms with Crippen LogP contribution in [-0.4, -0.2) is 54.3 Å². The van der Waals surface area contributed by atoms with Gasteiger partial charge in [-0.3, -0.25) is 14.5 Å². The topological polar surface area (TPSA) is 91.5 Å². The number of esters is 1. The number of ketones is 1. The Morgan fingerprint density at radius 2 is 1.86 bits per heavy atom. The SMILES string of the molecule is CCN(CC(=O)Nc1cc(Cl)ccc1C)CC(=O)c1[nH]c(C)c(C(=O)OC)c1C. The van der Waals surface area contributed by atoms with Gasteiger partial charge in [0.15, 0.2) is 5.78 Å². The summed E-state index contributed by atoms with van der Waals surface area (Å²) in [7, 11) is 1.30. The highest BCUT2D eigenvalue weighted by atomic mass is 35.5. The van der Waals surface area contributed by atoms with Crippen molar-refractivity contribution in [3.63, 3.8) is 0 Å². The average Bonchev–Trinajstić information content (AvgIpc) is 2.97. The number of rotatable bonds is 8. The Morgan fingerprint density at radius 1 is 1.17 bits per heavy atom. The molecule has 0 aliphatic rings. The zero-order valence-corrected chi connectivity index (χ0v) is 18.1. The molecule has 0 spiro atoms. The summed E-state index contributed by atoms with van der Waals surface area (Å²) in [6, 6.07) is 5.27. The Morgan fingerprint density at radius 3 is 2.48 bits per heavy atom. The van der Waals surface area contributed by atoms with Gasteiger partial charge < -0.3 is 15.0 Å². The number of anilines is 1. The van der Waals surface area contributed by atoms with Crippen LogP contribution in [0.2, 0.25) is 5.02 Å². The van der Waals surface area contributed by atoms with Gasteiger partial charge >= 0.3 is 5.97 Å². The Bertz CT molecular complexity index is 936. The number of nitrogens with zero attached hydrogens (tertiary/aromatic N) is 1. The molecule has 0 saturated heterocycles. The van der Waals surface area contributed by atoms with Crippen LogP contribution in [0.1, 0.15) is 44.6 Å². The highest BCUT2D eigenvalue weighted by molar-refractivity contribution is 6.31. The number of aryl methyl sites for hydroxylation is 2. The summed E-state index contributed by atoms with van der Waals surface area (Å²) >= 11 is 5.99. The maximum absolute atomic E-state index is 12.8. The van der Waals surface area contributed by atoms with Gasteiger partial charge in [0.1, 0.15) is 0 Å². The van der Waals surface area contributed by atoms with E-state index in [1.807, 2.05) is 19.9 Å². The fourth-order valence-electron chi connectivity index (χ4n) is 3.12. The standard InChI is InChI=1S/C21H26ClN3O4/c1-6-25(11-18(27)24-16-9-15(22)8-7-12(16)2)10-17(26)20-13(3)19(14(4)23-20)21(28)29-5/h7-9,23H,6,10-11H2,1-5H3,(H,24,27). The van der Waals surface area contributed by atoms with E-state index in [4.69, 9.17) is 16.3 Å². The first-order valence-corrected chi connectivity index (χ1v) is 9.64. The number of hydrogen-bond donors (Lipinski definition) is 2. The predicted molar refractivity (Wildman–Crippen MR) is 113 cm³/mol. The number of likely N-dealkylation sites (N-methyl/N-ethyl adjacent to an activating group) is 1. The minimum Gasteiger partial charge on any atom is -0.465 e. The zero-order chi connectivity index (χ0) is 21.7. The van der Waals surface area contributed by atoms with Crippen molar-refractivity contribution in [2.45, 2.75) is 27.7 Å². The highest BCUT2D eigenvalue weighted by Crippen LogP contribution is 2.21. The summed E-state index contributed by atoms with van der Waals surface area (Å²) < 4.78 is 4.78. The number of hydrogen-bond acceptors (Lipinski definition) is 5. The number of H-pyrrole nitrogens is 1. The van der Waals surface area contributed by atoms with Crippen LogP contribution in [-0.2, 0) is 9.53 Å². The number of carbonyl (C=O) groups excluding carboxylic acids is 3. The van der Waals surface area contributed by atoms with Crippen molar-refractivity contribution in [3.05, 3.63) is 51.3 Å². The number of carbonyl (C=O) groups is 3. The van der Waals surface area contributed by atoms with Crippen LogP contribution in [0.15, 0.2) is 18.2 Å². The number of methoxy groups -OCH3 is 1. The summed E-state index contributed by atoms with van der Waals surface area (Å²) in [5.74, 6) is -0.923. The Kier molecular flexibility index (Phi) is 7.59. The first-order valence-electron chi connectivity index (χ1n) is 9.26. The Labute approximate surface area is 175 Å². The molecular weight excluding hydrogens is 394 g/mol. The van der Waals surface area contributed by atoms with E-state index in [0.717, 1.165) is 5.56 Å². The van der Waals surface area contributed by atoms with E-state index in [-0.39, 0.29) is 24.8 Å². The second-order valence-corrected chi connectivity index (χ2v) is 7.29. The molecule has 2 N–H and O–H groups in total. The summed E-state index contributed by atoms with van der Waals surface area (Å²) in [5.41, 5.74) is 3.39. The summed E-state index contributed by atoms with van der Waals surface area (Å²) in [5, 5.41) is 3.37. The van der Waals surface area contributed by atoms with Crippen molar-refractivity contribution in [1.29, 1.82) is 0 Å². The zero-order valence-electron chi connectivity index (χ0n) is 17.3. The summed E-state index contributed by atoms with van der Waals surface area (Å²) in [6.45, 7) is 7.77. The Hall–Kier alpha value is -2.64. The molecule has 1 amide bonds. The molecule has 1 aromatic heterocycles. The molecule has 0 fully saturated rings. The van der Waals surface area contributed by atoms with Crippen molar-refractivity contribution < 1.29 is 19.1 Å². The third-order valence-electron chi connectivity index (χ3n) is 4.76. The average molecular weight is 420 g/mol. The Balaban J connectivity index is 2.08. The van der Waals surface area contributed by atoms with Crippen molar-refractivity contribution in [2.24, 2.45) is 0 Å². The van der Waals surface area contributed by atoms with Crippen molar-refractivity contribution >= 4 is 34.9 Å². The van der Waals surface area contributed by atoms with Crippen LogP contribution in [0.3, 0.4) is 0 Å². The van der Waals surface area contributed by atoms with E-state index in [1.54, 1.807) is 30.9 Å². The van der Waals surface area contributed by atoms with Crippen LogP contribution in [0, 0.1) is 20.8 Å². The van der Waals surface area contributed by atoms with Crippen LogP contribution in [0.25, 0.3) is 0 Å². The fraction of sp³-hybridized carbons (Fsp3) is 0.381. The van der Waals surface area contributed by atoms with Gasteiger partial charge in [0, 0.05) is 16.4 Å². The molecule has 29 heavy (non-hydrogen) atoms. The minimum absolute atomic E-state index is 0.0415. The van der Waals surface area contributed by atoms with Gasteiger partial charge in [0.2, 0.25) is 5.91 Å². The van der Waals surface area contributed by atoms with Gasteiger partial charge in [0.05, 0.1) is 31.5 Å². The molecule has 0 radical (unpaired) electrons. The van der Waals surface area contributed by atoms with Crippen molar-refractivity contribution in [3.8, 4) is 0 Å². The highest BCUT2D eigenvalue weighted by Gasteiger charge is 2.24. The van der Waals surface area contributed by atoms with Crippen LogP contribution >= 0.6 is 11.6 Å². The summed E-state index contributed by atoms with van der Waals surface area (Å²) in [6.07, 6.45) is 0. The largest absolute Gasteiger partial charge is 0.465 e. The van der Waals surface area contributed by atoms with Gasteiger partial charge in [-0.2, -0.15) is 0 Å². The number of aromatic amines is 1. The van der Waals surface area contributed by atoms with Crippen LogP contribution in [0.5, 0.6) is 0 Å². The first kappa shape index (κ1) is 22.6. The van der Waals surface area contributed by atoms with E-state index in [9.17, 15) is 14.4 Å². The van der Waals surface area contributed by atoms with Crippen molar-refractivity contribution in [2.75, 3.05) is 32.1 Å². The van der Waals surface area contributed by atoms with Gasteiger partial charge in [-0.15, -0.1) is 0 Å².